The number of amides is 1. The second-order valence-electron chi connectivity index (χ2n) is 5.00. The highest BCUT2D eigenvalue weighted by Crippen LogP contribution is 2.18. The molecule has 0 bridgehead atoms. The number of para-hydroxylation sites is 1. The molecule has 0 aromatic heterocycles. The fraction of sp³-hybridized carbons (Fsp3) is 0.467. The van der Waals surface area contributed by atoms with Gasteiger partial charge >= 0.3 is 5.97 Å². The third kappa shape index (κ3) is 6.55. The number of methoxy groups -OCH3 is 1. The molecule has 8 nitrogen and oxygen atoms in total. The van der Waals surface area contributed by atoms with E-state index in [2.05, 4.69) is 10.1 Å². The first kappa shape index (κ1) is 19.9. The summed E-state index contributed by atoms with van der Waals surface area (Å²) >= 11 is 0. The number of benzene rings is 1. The minimum Gasteiger partial charge on any atom is -0.493 e. The average molecular weight is 359 g/mol. The Balaban J connectivity index is 2.93. The van der Waals surface area contributed by atoms with Crippen molar-refractivity contribution in [3.63, 3.8) is 0 Å². The molecule has 0 aliphatic rings. The van der Waals surface area contributed by atoms with Gasteiger partial charge in [0.05, 0.1) is 19.3 Å². The van der Waals surface area contributed by atoms with Crippen LogP contribution < -0.4 is 10.1 Å². The third-order valence-corrected chi connectivity index (χ3v) is 3.81. The van der Waals surface area contributed by atoms with E-state index in [1.54, 1.807) is 18.2 Å². The topological polar surface area (TPSA) is 119 Å². The van der Waals surface area contributed by atoms with Crippen molar-refractivity contribution in [2.75, 3.05) is 19.5 Å². The lowest BCUT2D eigenvalue weighted by Gasteiger charge is -2.16. The maximum absolute atomic E-state index is 12.3. The van der Waals surface area contributed by atoms with Crippen LogP contribution in [-0.4, -0.2) is 50.4 Å². The highest BCUT2D eigenvalue weighted by Gasteiger charge is 2.28. The van der Waals surface area contributed by atoms with Crippen molar-refractivity contribution < 1.29 is 32.0 Å². The van der Waals surface area contributed by atoms with Gasteiger partial charge in [-0.3, -0.25) is 9.35 Å². The number of ether oxygens (including phenoxy) is 2. The third-order valence-electron chi connectivity index (χ3n) is 3.06. The summed E-state index contributed by atoms with van der Waals surface area (Å²) < 4.78 is 40.9. The first-order valence-electron chi connectivity index (χ1n) is 7.34. The van der Waals surface area contributed by atoms with Crippen LogP contribution in [0.15, 0.2) is 24.3 Å². The zero-order valence-electron chi connectivity index (χ0n) is 13.5. The van der Waals surface area contributed by atoms with E-state index in [1.807, 2.05) is 6.92 Å². The van der Waals surface area contributed by atoms with E-state index in [1.165, 1.54) is 6.07 Å². The molecule has 134 valence electrons. The Morgan fingerprint density at radius 2 is 1.96 bits per heavy atom. The van der Waals surface area contributed by atoms with Gasteiger partial charge in [-0.05, 0) is 18.6 Å². The smallest absolute Gasteiger partial charge is 0.329 e. The van der Waals surface area contributed by atoms with Crippen molar-refractivity contribution in [1.29, 1.82) is 0 Å². The predicted molar refractivity (Wildman–Crippen MR) is 86.5 cm³/mol. The van der Waals surface area contributed by atoms with Crippen molar-refractivity contribution >= 4 is 22.0 Å². The second kappa shape index (κ2) is 9.24. The molecule has 2 N–H and O–H groups in total. The van der Waals surface area contributed by atoms with Crippen molar-refractivity contribution in [3.8, 4) is 5.75 Å². The largest absolute Gasteiger partial charge is 0.493 e. The Labute approximate surface area is 140 Å². The van der Waals surface area contributed by atoms with Crippen LogP contribution in [0.3, 0.4) is 0 Å². The van der Waals surface area contributed by atoms with Crippen LogP contribution in [0.5, 0.6) is 5.75 Å². The van der Waals surface area contributed by atoms with Gasteiger partial charge in [-0.1, -0.05) is 25.5 Å². The van der Waals surface area contributed by atoms with Gasteiger partial charge in [-0.2, -0.15) is 8.42 Å². The summed E-state index contributed by atoms with van der Waals surface area (Å²) in [6, 6.07) is 4.85. The highest BCUT2D eigenvalue weighted by atomic mass is 32.2. The molecule has 0 spiro atoms. The van der Waals surface area contributed by atoms with Gasteiger partial charge in [-0.15, -0.1) is 0 Å². The van der Waals surface area contributed by atoms with Crippen molar-refractivity contribution in [2.45, 2.75) is 25.8 Å². The molecular formula is C15H21NO7S. The summed E-state index contributed by atoms with van der Waals surface area (Å²) in [6.45, 7) is 2.42. The van der Waals surface area contributed by atoms with E-state index in [4.69, 9.17) is 9.29 Å². The van der Waals surface area contributed by atoms with E-state index in [9.17, 15) is 18.0 Å². The monoisotopic (exact) mass is 359 g/mol. The standard InChI is InChI=1S/C15H21NO7S/c1-3-4-9-23-13-8-6-5-7-11(13)14(17)16-12(15(18)22-2)10-24(19,20)21/h5-8,12H,3-4,9-10H2,1-2H3,(H,16,17)(H,19,20,21)/t12-/m0/s1. The number of hydrogen-bond acceptors (Lipinski definition) is 6. The minimum absolute atomic E-state index is 0.151. The fourth-order valence-electron chi connectivity index (χ4n) is 1.86. The van der Waals surface area contributed by atoms with Gasteiger partial charge < -0.3 is 14.8 Å². The number of esters is 1. The zero-order valence-corrected chi connectivity index (χ0v) is 14.3. The molecule has 9 heteroatoms. The summed E-state index contributed by atoms with van der Waals surface area (Å²) in [5, 5.41) is 2.24. The molecule has 1 aromatic rings. The van der Waals surface area contributed by atoms with Crippen LogP contribution in [0, 0.1) is 0 Å². The van der Waals surface area contributed by atoms with Crippen molar-refractivity contribution in [1.82, 2.24) is 5.32 Å². The number of carbonyl (C=O) groups is 2. The maximum Gasteiger partial charge on any atom is 0.329 e. The summed E-state index contributed by atoms with van der Waals surface area (Å²) in [5.41, 5.74) is 0.151. The van der Waals surface area contributed by atoms with E-state index in [0.717, 1.165) is 20.0 Å². The fourth-order valence-corrected chi connectivity index (χ4v) is 2.50. The quantitative estimate of drug-likeness (QED) is 0.384. The Bertz CT molecular complexity index is 672. The van der Waals surface area contributed by atoms with Crippen LogP contribution in [0.1, 0.15) is 30.1 Å². The van der Waals surface area contributed by atoms with Crippen LogP contribution >= 0.6 is 0 Å². The van der Waals surface area contributed by atoms with Crippen LogP contribution in [-0.2, 0) is 19.6 Å². The van der Waals surface area contributed by atoms with E-state index >= 15 is 0 Å². The molecule has 1 amide bonds. The van der Waals surface area contributed by atoms with Gasteiger partial charge in [0, 0.05) is 0 Å². The molecule has 1 atom stereocenters. The maximum atomic E-state index is 12.3. The lowest BCUT2D eigenvalue weighted by atomic mass is 10.1. The number of carbonyl (C=O) groups excluding carboxylic acids is 2. The first-order chi connectivity index (χ1) is 11.3. The molecule has 0 saturated heterocycles. The zero-order chi connectivity index (χ0) is 18.2. The molecule has 0 radical (unpaired) electrons. The molecular weight excluding hydrogens is 338 g/mol. The van der Waals surface area contributed by atoms with Gasteiger partial charge in [0.2, 0.25) is 0 Å². The van der Waals surface area contributed by atoms with E-state index in [-0.39, 0.29) is 5.56 Å². The number of nitrogens with one attached hydrogen (secondary N) is 1. The van der Waals surface area contributed by atoms with Gasteiger partial charge in [-0.25, -0.2) is 4.79 Å². The minimum atomic E-state index is -4.48. The van der Waals surface area contributed by atoms with E-state index in [0.29, 0.717) is 12.4 Å². The molecule has 0 saturated carbocycles. The van der Waals surface area contributed by atoms with E-state index < -0.39 is 33.8 Å². The molecule has 0 aliphatic carbocycles. The molecule has 0 fully saturated rings. The van der Waals surface area contributed by atoms with Crippen LogP contribution in [0.4, 0.5) is 0 Å². The summed E-state index contributed by atoms with van der Waals surface area (Å²) in [4.78, 5) is 23.9. The lowest BCUT2D eigenvalue weighted by molar-refractivity contribution is -0.142. The first-order valence-corrected chi connectivity index (χ1v) is 8.95. The molecule has 1 aromatic carbocycles. The number of hydrogen-bond donors (Lipinski definition) is 2. The van der Waals surface area contributed by atoms with Crippen LogP contribution in [0.2, 0.25) is 0 Å². The molecule has 1 rings (SSSR count). The van der Waals surface area contributed by atoms with Gasteiger partial charge in [0.25, 0.3) is 16.0 Å². The molecule has 24 heavy (non-hydrogen) atoms. The van der Waals surface area contributed by atoms with Gasteiger partial charge in [0.1, 0.15) is 17.5 Å². The Morgan fingerprint density at radius 3 is 2.54 bits per heavy atom. The van der Waals surface area contributed by atoms with Crippen LogP contribution in [0.25, 0.3) is 0 Å². The Hall–Kier alpha value is -2.13. The van der Waals surface area contributed by atoms with Crippen molar-refractivity contribution in [2.24, 2.45) is 0 Å². The van der Waals surface area contributed by atoms with Crippen molar-refractivity contribution in [3.05, 3.63) is 29.8 Å². The number of unbranched alkanes of at least 4 members (excludes halogenated alkanes) is 1. The molecule has 0 heterocycles. The molecule has 0 unspecified atom stereocenters. The average Bonchev–Trinajstić information content (AvgIpc) is 2.52. The summed E-state index contributed by atoms with van der Waals surface area (Å²) in [6.07, 6.45) is 1.73. The SMILES string of the molecule is CCCCOc1ccccc1C(=O)N[C@@H](CS(=O)(=O)O)C(=O)OC. The normalized spacial score (nSPS) is 12.3. The second-order valence-corrected chi connectivity index (χ2v) is 6.49. The predicted octanol–water partition coefficient (Wildman–Crippen LogP) is 1.02. The summed E-state index contributed by atoms with van der Waals surface area (Å²) in [5.74, 6) is -2.35. The lowest BCUT2D eigenvalue weighted by Crippen LogP contribution is -2.46. The summed E-state index contributed by atoms with van der Waals surface area (Å²) in [7, 11) is -3.43. The molecule has 0 aliphatic heterocycles. The Kier molecular flexibility index (Phi) is 7.66. The number of rotatable bonds is 9. The van der Waals surface area contributed by atoms with Gasteiger partial charge in [0.15, 0.2) is 0 Å². The highest BCUT2D eigenvalue weighted by molar-refractivity contribution is 7.85. The Morgan fingerprint density at radius 1 is 1.29 bits per heavy atom.